The Kier molecular flexibility index (Phi) is 7.28. The Morgan fingerprint density at radius 1 is 1.16 bits per heavy atom. The number of rotatable bonds is 6. The molecule has 0 radical (unpaired) electrons. The molecule has 0 bridgehead atoms. The maximum Gasteiger partial charge on any atom is 0.272 e. The Hall–Kier alpha value is -3.35. The summed E-state index contributed by atoms with van der Waals surface area (Å²) in [6.07, 6.45) is 7.05. The van der Waals surface area contributed by atoms with Crippen molar-refractivity contribution in [3.63, 3.8) is 0 Å². The molecular formula is C24H28FN3O3. The van der Waals surface area contributed by atoms with Gasteiger partial charge in [-0.1, -0.05) is 11.6 Å². The summed E-state index contributed by atoms with van der Waals surface area (Å²) in [5.41, 5.74) is 8.55. The Bertz CT molecular complexity index is 974. The quantitative estimate of drug-likeness (QED) is 0.680. The molecule has 1 saturated heterocycles. The van der Waals surface area contributed by atoms with E-state index in [1.54, 1.807) is 11.0 Å². The fourth-order valence-corrected chi connectivity index (χ4v) is 3.38. The molecule has 1 aliphatic rings. The molecular weight excluding hydrogens is 397 g/mol. The highest BCUT2D eigenvalue weighted by atomic mass is 19.1. The molecule has 1 aromatic carbocycles. The number of methoxy groups -OCH3 is 1. The van der Waals surface area contributed by atoms with Gasteiger partial charge in [0.2, 0.25) is 0 Å². The van der Waals surface area contributed by atoms with Crippen LogP contribution < -0.4 is 15.2 Å². The van der Waals surface area contributed by atoms with E-state index in [1.807, 2.05) is 26.0 Å². The van der Waals surface area contributed by atoms with E-state index in [9.17, 15) is 9.18 Å². The number of piperidine rings is 1. The molecule has 2 aromatic rings. The zero-order valence-electron chi connectivity index (χ0n) is 18.1. The molecule has 1 fully saturated rings. The Morgan fingerprint density at radius 2 is 1.84 bits per heavy atom. The molecule has 1 amide bonds. The van der Waals surface area contributed by atoms with Crippen molar-refractivity contribution in [1.29, 1.82) is 0 Å². The van der Waals surface area contributed by atoms with Crippen LogP contribution in [0.2, 0.25) is 0 Å². The van der Waals surface area contributed by atoms with Crippen LogP contribution in [0.5, 0.6) is 17.2 Å². The Labute approximate surface area is 182 Å². The number of hydrogen-bond donors (Lipinski definition) is 1. The average Bonchev–Trinajstić information content (AvgIpc) is 2.78. The van der Waals surface area contributed by atoms with Crippen molar-refractivity contribution in [1.82, 2.24) is 9.88 Å². The summed E-state index contributed by atoms with van der Waals surface area (Å²) >= 11 is 0. The van der Waals surface area contributed by atoms with Crippen LogP contribution in [0.25, 0.3) is 0 Å². The van der Waals surface area contributed by atoms with Crippen LogP contribution in [-0.4, -0.2) is 36.0 Å². The zero-order chi connectivity index (χ0) is 22.4. The summed E-state index contributed by atoms with van der Waals surface area (Å²) in [5, 5.41) is 0. The van der Waals surface area contributed by atoms with Crippen LogP contribution in [0.4, 0.5) is 4.39 Å². The number of nitrogens with two attached hydrogens (primary N) is 1. The minimum absolute atomic E-state index is 0.156. The lowest BCUT2D eigenvalue weighted by molar-refractivity contribution is 0.0695. The van der Waals surface area contributed by atoms with Gasteiger partial charge in [-0.3, -0.25) is 4.79 Å². The van der Waals surface area contributed by atoms with Crippen molar-refractivity contribution in [3.05, 3.63) is 71.5 Å². The lowest BCUT2D eigenvalue weighted by Crippen LogP contribution is -2.39. The monoisotopic (exact) mass is 425 g/mol. The third-order valence-corrected chi connectivity index (χ3v) is 5.17. The molecule has 6 nitrogen and oxygen atoms in total. The standard InChI is InChI=1S/C24H28FN3O3/c1-16(2)4-9-20(26)17-10-12-28(13-11-17)24(29)21-14-22(30-3)23(15-27-21)31-19-7-5-18(25)6-8-19/h4-9,14-15,17H,10-13,26H2,1-3H3/b20-9-. The van der Waals surface area contributed by atoms with Crippen LogP contribution in [0.1, 0.15) is 37.2 Å². The number of pyridine rings is 1. The largest absolute Gasteiger partial charge is 0.493 e. The lowest BCUT2D eigenvalue weighted by Gasteiger charge is -2.32. The van der Waals surface area contributed by atoms with Crippen molar-refractivity contribution in [2.45, 2.75) is 26.7 Å². The molecule has 164 valence electrons. The fourth-order valence-electron chi connectivity index (χ4n) is 3.38. The molecule has 31 heavy (non-hydrogen) atoms. The van der Waals surface area contributed by atoms with Gasteiger partial charge in [0.15, 0.2) is 11.5 Å². The van der Waals surface area contributed by atoms with Crippen molar-refractivity contribution in [2.24, 2.45) is 11.7 Å². The van der Waals surface area contributed by atoms with E-state index >= 15 is 0 Å². The van der Waals surface area contributed by atoms with Crippen molar-refractivity contribution in [3.8, 4) is 17.2 Å². The van der Waals surface area contributed by atoms with Gasteiger partial charge in [0, 0.05) is 30.8 Å². The van der Waals surface area contributed by atoms with Crippen LogP contribution in [0.3, 0.4) is 0 Å². The number of benzene rings is 1. The van der Waals surface area contributed by atoms with E-state index in [-0.39, 0.29) is 23.3 Å². The molecule has 1 aromatic heterocycles. The summed E-state index contributed by atoms with van der Waals surface area (Å²) in [5.74, 6) is 0.941. The average molecular weight is 426 g/mol. The van der Waals surface area contributed by atoms with Crippen LogP contribution in [0, 0.1) is 11.7 Å². The Morgan fingerprint density at radius 3 is 2.45 bits per heavy atom. The SMILES string of the molecule is COc1cc(C(=O)N2CCC(/C(N)=C/C=C(C)C)CC2)ncc1Oc1ccc(F)cc1. The summed E-state index contributed by atoms with van der Waals surface area (Å²) in [7, 11) is 1.49. The molecule has 2 N–H and O–H groups in total. The highest BCUT2D eigenvalue weighted by Gasteiger charge is 2.26. The van der Waals surface area contributed by atoms with Gasteiger partial charge in [-0.05, 0) is 57.0 Å². The molecule has 0 saturated carbocycles. The van der Waals surface area contributed by atoms with Gasteiger partial charge in [0.1, 0.15) is 17.3 Å². The van der Waals surface area contributed by atoms with E-state index in [1.165, 1.54) is 43.1 Å². The molecule has 3 rings (SSSR count). The number of likely N-dealkylation sites (tertiary alicyclic amines) is 1. The second-order valence-corrected chi connectivity index (χ2v) is 7.75. The van der Waals surface area contributed by atoms with Crippen LogP contribution >= 0.6 is 0 Å². The summed E-state index contributed by atoms with van der Waals surface area (Å²) < 4.78 is 24.2. The van der Waals surface area contributed by atoms with Crippen molar-refractivity contribution >= 4 is 5.91 Å². The first-order chi connectivity index (χ1) is 14.9. The van der Waals surface area contributed by atoms with Gasteiger partial charge < -0.3 is 20.1 Å². The topological polar surface area (TPSA) is 77.7 Å². The maximum atomic E-state index is 13.1. The number of hydrogen-bond acceptors (Lipinski definition) is 5. The smallest absolute Gasteiger partial charge is 0.272 e. The third kappa shape index (κ3) is 5.84. The first kappa shape index (κ1) is 22.3. The van der Waals surface area contributed by atoms with Crippen LogP contribution in [0.15, 0.2) is 60.0 Å². The van der Waals surface area contributed by atoms with E-state index in [4.69, 9.17) is 15.2 Å². The first-order valence-corrected chi connectivity index (χ1v) is 10.2. The molecule has 1 aliphatic heterocycles. The molecule has 2 heterocycles. The molecule has 7 heteroatoms. The first-order valence-electron chi connectivity index (χ1n) is 10.2. The predicted molar refractivity (Wildman–Crippen MR) is 118 cm³/mol. The summed E-state index contributed by atoms with van der Waals surface area (Å²) in [6.45, 7) is 5.29. The minimum Gasteiger partial charge on any atom is -0.493 e. The number of amides is 1. The van der Waals surface area contributed by atoms with E-state index < -0.39 is 0 Å². The van der Waals surface area contributed by atoms with Crippen molar-refractivity contribution < 1.29 is 18.7 Å². The van der Waals surface area contributed by atoms with Gasteiger partial charge in [-0.25, -0.2) is 9.37 Å². The van der Waals surface area contributed by atoms with Gasteiger partial charge in [-0.15, -0.1) is 0 Å². The number of carbonyl (C=O) groups is 1. The maximum absolute atomic E-state index is 13.1. The second-order valence-electron chi connectivity index (χ2n) is 7.75. The lowest BCUT2D eigenvalue weighted by atomic mass is 9.93. The molecule has 0 unspecified atom stereocenters. The highest BCUT2D eigenvalue weighted by Crippen LogP contribution is 2.32. The third-order valence-electron chi connectivity index (χ3n) is 5.17. The van der Waals surface area contributed by atoms with E-state index in [0.29, 0.717) is 30.3 Å². The highest BCUT2D eigenvalue weighted by molar-refractivity contribution is 5.93. The number of ether oxygens (including phenoxy) is 2. The van der Waals surface area contributed by atoms with E-state index in [2.05, 4.69) is 4.98 Å². The zero-order valence-corrected chi connectivity index (χ0v) is 18.1. The molecule has 0 atom stereocenters. The number of allylic oxidation sites excluding steroid dienone is 4. The Balaban J connectivity index is 1.66. The molecule has 0 spiro atoms. The van der Waals surface area contributed by atoms with Crippen LogP contribution in [-0.2, 0) is 0 Å². The second kappa shape index (κ2) is 10.1. The number of halogens is 1. The number of aromatic nitrogens is 1. The number of nitrogens with zero attached hydrogens (tertiary/aromatic N) is 2. The van der Waals surface area contributed by atoms with Crippen molar-refractivity contribution in [2.75, 3.05) is 20.2 Å². The normalized spacial score (nSPS) is 14.8. The van der Waals surface area contributed by atoms with Gasteiger partial charge in [0.25, 0.3) is 5.91 Å². The minimum atomic E-state index is -0.351. The van der Waals surface area contributed by atoms with E-state index in [0.717, 1.165) is 18.5 Å². The van der Waals surface area contributed by atoms with Gasteiger partial charge >= 0.3 is 0 Å². The fraction of sp³-hybridized carbons (Fsp3) is 0.333. The predicted octanol–water partition coefficient (Wildman–Crippen LogP) is 4.68. The van der Waals surface area contributed by atoms with Gasteiger partial charge in [-0.2, -0.15) is 0 Å². The molecule has 0 aliphatic carbocycles. The summed E-state index contributed by atoms with van der Waals surface area (Å²) in [6, 6.07) is 7.19. The number of carbonyl (C=O) groups excluding carboxylic acids is 1. The summed E-state index contributed by atoms with van der Waals surface area (Å²) in [4.78, 5) is 19.0. The van der Waals surface area contributed by atoms with Gasteiger partial charge in [0.05, 0.1) is 13.3 Å².